The molecule has 0 amide bonds. The first-order chi connectivity index (χ1) is 9.01. The highest BCUT2D eigenvalue weighted by Crippen LogP contribution is 2.12. The van der Waals surface area contributed by atoms with Gasteiger partial charge in [0, 0.05) is 5.57 Å². The van der Waals surface area contributed by atoms with Gasteiger partial charge in [-0.1, -0.05) is 39.3 Å². The summed E-state index contributed by atoms with van der Waals surface area (Å²) in [7, 11) is 0. The zero-order valence-electron chi connectivity index (χ0n) is 11.9. The van der Waals surface area contributed by atoms with E-state index in [1.54, 1.807) is 6.92 Å². The van der Waals surface area contributed by atoms with Gasteiger partial charge in [-0.3, -0.25) is 4.79 Å². The van der Waals surface area contributed by atoms with Crippen LogP contribution < -0.4 is 0 Å². The van der Waals surface area contributed by atoms with Crippen molar-refractivity contribution in [3.63, 3.8) is 0 Å². The lowest BCUT2D eigenvalue weighted by Crippen LogP contribution is -2.20. The van der Waals surface area contributed by atoms with E-state index in [4.69, 9.17) is 4.74 Å². The Hall–Kier alpha value is -1.58. The second-order valence-electron chi connectivity index (χ2n) is 4.49. The zero-order chi connectivity index (χ0) is 14.7. The summed E-state index contributed by atoms with van der Waals surface area (Å²) in [4.78, 5) is 22.8. The molecule has 1 unspecified atom stereocenters. The Morgan fingerprint density at radius 3 is 2.53 bits per heavy atom. The lowest BCUT2D eigenvalue weighted by atomic mass is 10.1. The molecule has 0 saturated heterocycles. The number of carbonyl (C=O) groups excluding carboxylic acids is 2. The highest BCUT2D eigenvalue weighted by atomic mass is 16.6. The molecule has 4 heteroatoms. The van der Waals surface area contributed by atoms with Crippen molar-refractivity contribution in [1.82, 2.24) is 0 Å². The van der Waals surface area contributed by atoms with Crippen LogP contribution in [0.25, 0.3) is 0 Å². The van der Waals surface area contributed by atoms with Crippen molar-refractivity contribution in [3.8, 4) is 0 Å². The average Bonchev–Trinajstić information content (AvgIpc) is 2.34. The van der Waals surface area contributed by atoms with Crippen molar-refractivity contribution >= 4 is 11.9 Å². The summed E-state index contributed by atoms with van der Waals surface area (Å²) < 4.78 is 9.67. The van der Waals surface area contributed by atoms with Crippen molar-refractivity contribution < 1.29 is 19.1 Å². The molecule has 0 radical (unpaired) electrons. The third-order valence-corrected chi connectivity index (χ3v) is 2.60. The number of esters is 2. The number of hydrogen-bond acceptors (Lipinski definition) is 4. The third-order valence-electron chi connectivity index (χ3n) is 2.60. The van der Waals surface area contributed by atoms with Gasteiger partial charge in [0.15, 0.2) is 0 Å². The Morgan fingerprint density at radius 2 is 1.95 bits per heavy atom. The number of rotatable bonds is 10. The minimum absolute atomic E-state index is 0.0148. The zero-order valence-corrected chi connectivity index (χ0v) is 11.9. The molecule has 0 fully saturated rings. The van der Waals surface area contributed by atoms with Gasteiger partial charge in [-0.2, -0.15) is 0 Å². The van der Waals surface area contributed by atoms with Crippen LogP contribution in [0.4, 0.5) is 0 Å². The topological polar surface area (TPSA) is 52.6 Å². The van der Waals surface area contributed by atoms with Crippen LogP contribution in [0, 0.1) is 0 Å². The Morgan fingerprint density at radius 1 is 1.26 bits per heavy atom. The van der Waals surface area contributed by atoms with Crippen molar-refractivity contribution in [2.75, 3.05) is 0 Å². The summed E-state index contributed by atoms with van der Waals surface area (Å²) in [6.07, 6.45) is 5.53. The van der Waals surface area contributed by atoms with Gasteiger partial charge in [-0.05, 0) is 19.8 Å². The molecule has 19 heavy (non-hydrogen) atoms. The molecular weight excluding hydrogens is 244 g/mol. The van der Waals surface area contributed by atoms with Crippen LogP contribution in [0.3, 0.4) is 0 Å². The second kappa shape index (κ2) is 10.4. The SMILES string of the molecule is C=COC(=O)CC(C)OC(=O)C(=C)CCCCCC. The van der Waals surface area contributed by atoms with E-state index in [0.29, 0.717) is 12.0 Å². The van der Waals surface area contributed by atoms with Gasteiger partial charge in [-0.25, -0.2) is 4.79 Å². The second-order valence-corrected chi connectivity index (χ2v) is 4.49. The number of carbonyl (C=O) groups is 2. The predicted octanol–water partition coefficient (Wildman–Crippen LogP) is 3.52. The molecule has 108 valence electrons. The van der Waals surface area contributed by atoms with Crippen LogP contribution in [-0.2, 0) is 19.1 Å². The summed E-state index contributed by atoms with van der Waals surface area (Å²) >= 11 is 0. The minimum atomic E-state index is -0.521. The quantitative estimate of drug-likeness (QED) is 0.263. The van der Waals surface area contributed by atoms with Gasteiger partial charge in [0.2, 0.25) is 0 Å². The molecule has 0 aromatic rings. The first-order valence-corrected chi connectivity index (χ1v) is 6.70. The van der Waals surface area contributed by atoms with E-state index in [0.717, 1.165) is 31.9 Å². The van der Waals surface area contributed by atoms with Crippen molar-refractivity contribution in [1.29, 1.82) is 0 Å². The van der Waals surface area contributed by atoms with E-state index >= 15 is 0 Å². The van der Waals surface area contributed by atoms with E-state index in [-0.39, 0.29) is 6.42 Å². The molecule has 1 atom stereocenters. The fourth-order valence-corrected chi connectivity index (χ4v) is 1.55. The molecule has 0 aromatic heterocycles. The summed E-state index contributed by atoms with van der Waals surface area (Å²) in [6, 6.07) is 0. The highest BCUT2D eigenvalue weighted by molar-refractivity contribution is 5.88. The van der Waals surface area contributed by atoms with E-state index in [2.05, 4.69) is 24.8 Å². The smallest absolute Gasteiger partial charge is 0.333 e. The van der Waals surface area contributed by atoms with E-state index in [9.17, 15) is 9.59 Å². The molecule has 0 aliphatic heterocycles. The lowest BCUT2D eigenvalue weighted by Gasteiger charge is -2.13. The normalized spacial score (nSPS) is 11.5. The van der Waals surface area contributed by atoms with E-state index in [1.165, 1.54) is 0 Å². The molecule has 0 saturated carbocycles. The van der Waals surface area contributed by atoms with Gasteiger partial charge >= 0.3 is 11.9 Å². The van der Waals surface area contributed by atoms with Gasteiger partial charge in [0.1, 0.15) is 6.10 Å². The fraction of sp³-hybridized carbons (Fsp3) is 0.600. The van der Waals surface area contributed by atoms with Gasteiger partial charge in [0.05, 0.1) is 12.7 Å². The number of ether oxygens (including phenoxy) is 2. The van der Waals surface area contributed by atoms with E-state index < -0.39 is 18.0 Å². The van der Waals surface area contributed by atoms with Crippen molar-refractivity contribution in [2.24, 2.45) is 0 Å². The van der Waals surface area contributed by atoms with Gasteiger partial charge < -0.3 is 9.47 Å². The standard InChI is InChI=1S/C15H24O4/c1-5-7-8-9-10-12(3)15(17)19-13(4)11-14(16)18-6-2/h6,13H,2-3,5,7-11H2,1,4H3. The van der Waals surface area contributed by atoms with Gasteiger partial charge in [-0.15, -0.1) is 0 Å². The molecule has 0 rings (SSSR count). The maximum Gasteiger partial charge on any atom is 0.333 e. The molecular formula is C15H24O4. The minimum Gasteiger partial charge on any atom is -0.459 e. The molecule has 0 spiro atoms. The maximum atomic E-state index is 11.7. The molecule has 0 aliphatic carbocycles. The first kappa shape index (κ1) is 17.4. The Labute approximate surface area is 115 Å². The predicted molar refractivity (Wildman–Crippen MR) is 74.4 cm³/mol. The fourth-order valence-electron chi connectivity index (χ4n) is 1.55. The molecule has 0 heterocycles. The summed E-state index contributed by atoms with van der Waals surface area (Å²) in [6.45, 7) is 10.8. The number of hydrogen-bond donors (Lipinski definition) is 0. The summed E-state index contributed by atoms with van der Waals surface area (Å²) in [5.41, 5.74) is 0.458. The average molecular weight is 268 g/mol. The molecule has 0 bridgehead atoms. The monoisotopic (exact) mass is 268 g/mol. The molecule has 0 aliphatic rings. The van der Waals surface area contributed by atoms with E-state index in [1.807, 2.05) is 0 Å². The van der Waals surface area contributed by atoms with Crippen LogP contribution in [-0.4, -0.2) is 18.0 Å². The van der Waals surface area contributed by atoms with Crippen molar-refractivity contribution in [3.05, 3.63) is 25.0 Å². The molecule has 4 nitrogen and oxygen atoms in total. The van der Waals surface area contributed by atoms with Crippen LogP contribution in [0.5, 0.6) is 0 Å². The summed E-state index contributed by atoms with van der Waals surface area (Å²) in [5.74, 6) is -0.903. The Balaban J connectivity index is 3.90. The first-order valence-electron chi connectivity index (χ1n) is 6.70. The highest BCUT2D eigenvalue weighted by Gasteiger charge is 2.16. The molecule has 0 aromatic carbocycles. The Bertz CT molecular complexity index is 320. The summed E-state index contributed by atoms with van der Waals surface area (Å²) in [5, 5.41) is 0. The van der Waals surface area contributed by atoms with Crippen LogP contribution in [0.1, 0.15) is 52.4 Å². The Kier molecular flexibility index (Phi) is 9.49. The maximum absolute atomic E-state index is 11.7. The third kappa shape index (κ3) is 9.05. The van der Waals surface area contributed by atoms with Gasteiger partial charge in [0.25, 0.3) is 0 Å². The van der Waals surface area contributed by atoms with Crippen LogP contribution in [0.15, 0.2) is 25.0 Å². The lowest BCUT2D eigenvalue weighted by molar-refractivity contribution is -0.148. The van der Waals surface area contributed by atoms with Crippen LogP contribution in [0.2, 0.25) is 0 Å². The van der Waals surface area contributed by atoms with Crippen molar-refractivity contribution in [2.45, 2.75) is 58.5 Å². The molecule has 0 N–H and O–H groups in total. The number of unbranched alkanes of at least 4 members (excludes halogenated alkanes) is 3. The van der Waals surface area contributed by atoms with Crippen LogP contribution >= 0.6 is 0 Å². The largest absolute Gasteiger partial charge is 0.459 e.